The second-order valence-electron chi connectivity index (χ2n) is 5.43. The first-order chi connectivity index (χ1) is 9.79. The van der Waals surface area contributed by atoms with Crippen molar-refractivity contribution in [2.45, 2.75) is 58.8 Å². The average Bonchev–Trinajstić information content (AvgIpc) is 2.43. The van der Waals surface area contributed by atoms with Crippen molar-refractivity contribution in [3.05, 3.63) is 29.3 Å². The van der Waals surface area contributed by atoms with Gasteiger partial charge in [0.15, 0.2) is 0 Å². The van der Waals surface area contributed by atoms with Crippen LogP contribution < -0.4 is 0 Å². The Morgan fingerprint density at radius 3 is 2.43 bits per heavy atom. The van der Waals surface area contributed by atoms with E-state index in [1.165, 1.54) is 0 Å². The molecule has 0 aliphatic rings. The number of phenols is 1. The van der Waals surface area contributed by atoms with Gasteiger partial charge in [0.2, 0.25) is 0 Å². The normalized spacial score (nSPS) is 13.7. The Labute approximate surface area is 124 Å². The van der Waals surface area contributed by atoms with E-state index in [0.717, 1.165) is 37.9 Å². The van der Waals surface area contributed by atoms with Crippen molar-refractivity contribution in [3.63, 3.8) is 0 Å². The van der Waals surface area contributed by atoms with E-state index in [1.54, 1.807) is 6.07 Å². The van der Waals surface area contributed by atoms with Crippen molar-refractivity contribution < 1.29 is 18.3 Å². The monoisotopic (exact) mass is 303 g/mol. The van der Waals surface area contributed by atoms with E-state index < -0.39 is 17.5 Å². The van der Waals surface area contributed by atoms with Gasteiger partial charge >= 0.3 is 6.18 Å². The van der Waals surface area contributed by atoms with Crippen LogP contribution in [0, 0.1) is 0 Å². The molecule has 0 spiro atoms. The topological polar surface area (TPSA) is 23.5 Å². The van der Waals surface area contributed by atoms with Crippen LogP contribution in [0.1, 0.15) is 51.2 Å². The van der Waals surface area contributed by atoms with Crippen molar-refractivity contribution >= 4 is 0 Å². The molecule has 1 N–H and O–H groups in total. The molecular weight excluding hydrogens is 279 g/mol. The number of halogens is 3. The molecule has 0 saturated carbocycles. The maximum absolute atomic E-state index is 12.8. The first-order valence-electron chi connectivity index (χ1n) is 7.42. The predicted molar refractivity (Wildman–Crippen MR) is 78.2 cm³/mol. The van der Waals surface area contributed by atoms with E-state index in [1.807, 2.05) is 0 Å². The van der Waals surface area contributed by atoms with Gasteiger partial charge < -0.3 is 5.11 Å². The van der Waals surface area contributed by atoms with E-state index in [4.69, 9.17) is 0 Å². The van der Waals surface area contributed by atoms with Crippen LogP contribution in [-0.4, -0.2) is 22.6 Å². The van der Waals surface area contributed by atoms with E-state index in [2.05, 4.69) is 25.7 Å². The lowest BCUT2D eigenvalue weighted by Gasteiger charge is -2.28. The molecule has 5 heteroatoms. The molecule has 0 fully saturated rings. The van der Waals surface area contributed by atoms with Crippen molar-refractivity contribution in [1.82, 2.24) is 4.90 Å². The molecule has 0 saturated heterocycles. The Morgan fingerprint density at radius 1 is 1.24 bits per heavy atom. The maximum atomic E-state index is 12.8. The molecule has 0 heterocycles. The van der Waals surface area contributed by atoms with Crippen LogP contribution >= 0.6 is 0 Å². The molecule has 1 aromatic rings. The summed E-state index contributed by atoms with van der Waals surface area (Å²) in [5.74, 6) is -0.713. The van der Waals surface area contributed by atoms with Crippen LogP contribution in [0.3, 0.4) is 0 Å². The van der Waals surface area contributed by atoms with Gasteiger partial charge in [-0.25, -0.2) is 0 Å². The molecule has 21 heavy (non-hydrogen) atoms. The van der Waals surface area contributed by atoms with E-state index in [-0.39, 0.29) is 0 Å². The molecule has 0 bridgehead atoms. The summed E-state index contributed by atoms with van der Waals surface area (Å²) in [5.41, 5.74) is -0.379. The second-order valence-corrected chi connectivity index (χ2v) is 5.43. The lowest BCUT2D eigenvalue weighted by atomic mass is 10.1. The lowest BCUT2D eigenvalue weighted by Crippen LogP contribution is -2.33. The van der Waals surface area contributed by atoms with E-state index in [9.17, 15) is 18.3 Å². The zero-order chi connectivity index (χ0) is 16.0. The summed E-state index contributed by atoms with van der Waals surface area (Å²) in [7, 11) is 0. The van der Waals surface area contributed by atoms with Crippen molar-refractivity contribution in [3.8, 4) is 5.75 Å². The number of unbranched alkanes of at least 4 members (excludes halogenated alkanes) is 1. The minimum absolute atomic E-state index is 0.319. The van der Waals surface area contributed by atoms with E-state index >= 15 is 0 Å². The van der Waals surface area contributed by atoms with Gasteiger partial charge in [0.1, 0.15) is 5.75 Å². The number of hydrogen-bond donors (Lipinski definition) is 1. The largest absolute Gasteiger partial charge is 0.507 e. The summed E-state index contributed by atoms with van der Waals surface area (Å²) in [6, 6.07) is 4.06. The fraction of sp³-hybridized carbons (Fsp3) is 0.625. The maximum Gasteiger partial charge on any atom is 0.419 e. The van der Waals surface area contributed by atoms with Gasteiger partial charge in [-0.05, 0) is 44.0 Å². The summed E-state index contributed by atoms with van der Waals surface area (Å²) >= 11 is 0. The molecule has 0 aromatic heterocycles. The summed E-state index contributed by atoms with van der Waals surface area (Å²) in [6.07, 6.45) is -1.50. The Kier molecular flexibility index (Phi) is 6.52. The molecule has 0 radical (unpaired) electrons. The van der Waals surface area contributed by atoms with Gasteiger partial charge in [-0.2, -0.15) is 13.2 Å². The number of alkyl halides is 3. The van der Waals surface area contributed by atoms with Gasteiger partial charge in [-0.15, -0.1) is 0 Å². The van der Waals surface area contributed by atoms with Crippen LogP contribution in [0.5, 0.6) is 5.75 Å². The minimum atomic E-state index is -4.52. The van der Waals surface area contributed by atoms with Gasteiger partial charge in [0.05, 0.1) is 5.56 Å². The third-order valence-electron chi connectivity index (χ3n) is 3.77. The molecule has 1 unspecified atom stereocenters. The number of benzene rings is 1. The van der Waals surface area contributed by atoms with Crippen molar-refractivity contribution in [1.29, 1.82) is 0 Å². The standard InChI is InChI=1S/C16H24F3NO/c1-4-6-9-20(12(3)5-2)11-13-7-8-15(21)14(10-13)16(17,18)19/h7-8,10,12,21H,4-6,9,11H2,1-3H3. The Hall–Kier alpha value is -1.23. The highest BCUT2D eigenvalue weighted by Crippen LogP contribution is 2.36. The second kappa shape index (κ2) is 7.69. The number of aromatic hydroxyl groups is 1. The molecule has 0 aliphatic carbocycles. The van der Waals surface area contributed by atoms with Crippen LogP contribution in [0.25, 0.3) is 0 Å². The van der Waals surface area contributed by atoms with Crippen molar-refractivity contribution in [2.75, 3.05) is 6.54 Å². The summed E-state index contributed by atoms with van der Waals surface area (Å²) in [6.45, 7) is 7.59. The number of hydrogen-bond acceptors (Lipinski definition) is 2. The summed E-state index contributed by atoms with van der Waals surface area (Å²) < 4.78 is 38.5. The molecule has 0 amide bonds. The number of phenolic OH excluding ortho intramolecular Hbond substituents is 1. The van der Waals surface area contributed by atoms with Crippen LogP contribution in [0.2, 0.25) is 0 Å². The smallest absolute Gasteiger partial charge is 0.419 e. The summed E-state index contributed by atoms with van der Waals surface area (Å²) in [4.78, 5) is 2.19. The first-order valence-corrected chi connectivity index (χ1v) is 7.42. The van der Waals surface area contributed by atoms with Crippen molar-refractivity contribution in [2.24, 2.45) is 0 Å². The fourth-order valence-electron chi connectivity index (χ4n) is 2.22. The van der Waals surface area contributed by atoms with Crippen LogP contribution in [-0.2, 0) is 12.7 Å². The Morgan fingerprint density at radius 2 is 1.90 bits per heavy atom. The minimum Gasteiger partial charge on any atom is -0.507 e. The molecular formula is C16H24F3NO. The molecule has 0 aliphatic heterocycles. The zero-order valence-corrected chi connectivity index (χ0v) is 12.9. The third-order valence-corrected chi connectivity index (χ3v) is 3.77. The van der Waals surface area contributed by atoms with Crippen LogP contribution in [0.15, 0.2) is 18.2 Å². The SMILES string of the molecule is CCCCN(Cc1ccc(O)c(C(F)(F)F)c1)C(C)CC. The van der Waals surface area contributed by atoms with Crippen LogP contribution in [0.4, 0.5) is 13.2 Å². The summed E-state index contributed by atoms with van der Waals surface area (Å²) in [5, 5.41) is 9.37. The Bertz CT molecular complexity index is 446. The first kappa shape index (κ1) is 17.8. The molecule has 1 aromatic carbocycles. The quantitative estimate of drug-likeness (QED) is 0.781. The lowest BCUT2D eigenvalue weighted by molar-refractivity contribution is -0.138. The highest BCUT2D eigenvalue weighted by Gasteiger charge is 2.34. The predicted octanol–water partition coefficient (Wildman–Crippen LogP) is 4.81. The average molecular weight is 303 g/mol. The third kappa shape index (κ3) is 5.23. The fourth-order valence-corrected chi connectivity index (χ4v) is 2.22. The van der Waals surface area contributed by atoms with Gasteiger partial charge in [0.25, 0.3) is 0 Å². The van der Waals surface area contributed by atoms with E-state index in [0.29, 0.717) is 18.2 Å². The van der Waals surface area contributed by atoms with Gasteiger partial charge in [0, 0.05) is 12.6 Å². The highest BCUT2D eigenvalue weighted by atomic mass is 19.4. The molecule has 2 nitrogen and oxygen atoms in total. The molecule has 120 valence electrons. The number of rotatable bonds is 7. The zero-order valence-electron chi connectivity index (χ0n) is 12.9. The van der Waals surface area contributed by atoms with Gasteiger partial charge in [-0.1, -0.05) is 26.3 Å². The highest BCUT2D eigenvalue weighted by molar-refractivity contribution is 5.38. The van der Waals surface area contributed by atoms with Gasteiger partial charge in [-0.3, -0.25) is 4.90 Å². The Balaban J connectivity index is 2.93. The molecule has 1 atom stereocenters. The molecule has 1 rings (SSSR count). The number of nitrogens with zero attached hydrogens (tertiary/aromatic N) is 1.